The molecule has 0 bridgehead atoms. The first-order chi connectivity index (χ1) is 10.8. The molecular weight excluding hydrogens is 278 g/mol. The molecule has 0 spiro atoms. The molecule has 0 saturated carbocycles. The van der Waals surface area contributed by atoms with Crippen molar-refractivity contribution in [3.05, 3.63) is 48.5 Å². The van der Waals surface area contributed by atoms with Gasteiger partial charge in [-0.1, -0.05) is 12.1 Å². The lowest BCUT2D eigenvalue weighted by molar-refractivity contribution is 0.237. The van der Waals surface area contributed by atoms with Gasteiger partial charge in [-0.05, 0) is 62.3 Å². The summed E-state index contributed by atoms with van der Waals surface area (Å²) in [4.78, 5) is 2.43. The molecule has 4 nitrogen and oxygen atoms in total. The largest absolute Gasteiger partial charge is 0.504 e. The van der Waals surface area contributed by atoms with Crippen molar-refractivity contribution in [2.24, 2.45) is 0 Å². The molecule has 0 atom stereocenters. The quantitative estimate of drug-likeness (QED) is 0.884. The Balaban J connectivity index is 1.50. The van der Waals surface area contributed by atoms with Gasteiger partial charge in [0.15, 0.2) is 11.5 Å². The lowest BCUT2D eigenvalue weighted by Crippen LogP contribution is -2.25. The molecule has 1 heterocycles. The minimum atomic E-state index is 0.133. The van der Waals surface area contributed by atoms with Crippen LogP contribution in [0.1, 0.15) is 12.8 Å². The van der Waals surface area contributed by atoms with Crippen LogP contribution < -0.4 is 9.47 Å². The van der Waals surface area contributed by atoms with Crippen LogP contribution in [0.4, 0.5) is 0 Å². The van der Waals surface area contributed by atoms with Gasteiger partial charge in [0.25, 0.3) is 0 Å². The molecule has 0 unspecified atom stereocenters. The number of nitrogens with zero attached hydrogens (tertiary/aromatic N) is 1. The summed E-state index contributed by atoms with van der Waals surface area (Å²) in [5.41, 5.74) is 0. The number of phenols is 1. The molecule has 1 fully saturated rings. The number of para-hydroxylation sites is 2. The van der Waals surface area contributed by atoms with Gasteiger partial charge in [-0.2, -0.15) is 0 Å². The third-order valence-corrected chi connectivity index (χ3v) is 3.79. The normalized spacial score (nSPS) is 14.9. The fraction of sp³-hybridized carbons (Fsp3) is 0.333. The van der Waals surface area contributed by atoms with E-state index in [1.165, 1.54) is 25.9 Å². The molecule has 3 rings (SSSR count). The van der Waals surface area contributed by atoms with Crippen LogP contribution in [0.15, 0.2) is 48.5 Å². The van der Waals surface area contributed by atoms with Crippen LogP contribution in [0.2, 0.25) is 0 Å². The molecule has 4 heteroatoms. The van der Waals surface area contributed by atoms with Crippen molar-refractivity contribution in [1.29, 1.82) is 0 Å². The average Bonchev–Trinajstić information content (AvgIpc) is 3.05. The molecule has 1 N–H and O–H groups in total. The zero-order valence-electron chi connectivity index (χ0n) is 12.6. The van der Waals surface area contributed by atoms with Crippen LogP contribution in [0.3, 0.4) is 0 Å². The summed E-state index contributed by atoms with van der Waals surface area (Å²) >= 11 is 0. The van der Waals surface area contributed by atoms with Crippen molar-refractivity contribution in [3.8, 4) is 23.0 Å². The summed E-state index contributed by atoms with van der Waals surface area (Å²) in [7, 11) is 0. The van der Waals surface area contributed by atoms with Gasteiger partial charge in [-0.25, -0.2) is 0 Å². The predicted octanol–water partition coefficient (Wildman–Crippen LogP) is 3.66. The third-order valence-electron chi connectivity index (χ3n) is 3.79. The molecule has 1 aliphatic rings. The van der Waals surface area contributed by atoms with Crippen LogP contribution in [-0.2, 0) is 0 Å². The van der Waals surface area contributed by atoms with Crippen LogP contribution in [0.25, 0.3) is 0 Å². The average molecular weight is 299 g/mol. The predicted molar refractivity (Wildman–Crippen MR) is 85.8 cm³/mol. The number of hydrogen-bond acceptors (Lipinski definition) is 4. The van der Waals surface area contributed by atoms with Gasteiger partial charge in [-0.3, -0.25) is 4.90 Å². The first-order valence-corrected chi connectivity index (χ1v) is 7.72. The maximum absolute atomic E-state index is 9.69. The van der Waals surface area contributed by atoms with Gasteiger partial charge >= 0.3 is 0 Å². The smallest absolute Gasteiger partial charge is 0.169 e. The number of phenolic OH excluding ortho intramolecular Hbond substituents is 1. The number of aromatic hydroxyl groups is 1. The first kappa shape index (κ1) is 14.7. The molecule has 116 valence electrons. The van der Waals surface area contributed by atoms with Gasteiger partial charge in [0.05, 0.1) is 0 Å². The van der Waals surface area contributed by atoms with Gasteiger partial charge in [0.1, 0.15) is 18.1 Å². The minimum absolute atomic E-state index is 0.133. The van der Waals surface area contributed by atoms with Gasteiger partial charge in [0, 0.05) is 6.54 Å². The molecule has 0 aliphatic carbocycles. The standard InChI is InChI=1S/C18H21NO3/c20-17-5-1-2-6-18(17)22-16-9-7-15(8-10-16)21-14-13-19-11-3-4-12-19/h1-2,5-10,20H,3-4,11-14H2. The Morgan fingerprint density at radius 1 is 0.909 bits per heavy atom. The van der Waals surface area contributed by atoms with Gasteiger partial charge < -0.3 is 14.6 Å². The van der Waals surface area contributed by atoms with E-state index in [4.69, 9.17) is 9.47 Å². The van der Waals surface area contributed by atoms with Crippen molar-refractivity contribution in [1.82, 2.24) is 4.90 Å². The summed E-state index contributed by atoms with van der Waals surface area (Å²) in [5, 5.41) is 9.69. The Hall–Kier alpha value is -2.20. The molecule has 1 saturated heterocycles. The maximum atomic E-state index is 9.69. The fourth-order valence-corrected chi connectivity index (χ4v) is 2.57. The van der Waals surface area contributed by atoms with E-state index in [2.05, 4.69) is 4.90 Å². The van der Waals surface area contributed by atoms with E-state index in [1.807, 2.05) is 30.3 Å². The molecule has 0 aromatic heterocycles. The van der Waals surface area contributed by atoms with Crippen molar-refractivity contribution in [2.45, 2.75) is 12.8 Å². The second kappa shape index (κ2) is 7.18. The summed E-state index contributed by atoms with van der Waals surface area (Å²) in [6.45, 7) is 4.07. The number of rotatable bonds is 6. The molecular formula is C18H21NO3. The molecule has 2 aromatic rings. The highest BCUT2D eigenvalue weighted by atomic mass is 16.5. The fourth-order valence-electron chi connectivity index (χ4n) is 2.57. The number of likely N-dealkylation sites (tertiary alicyclic amines) is 1. The van der Waals surface area contributed by atoms with E-state index in [9.17, 15) is 5.11 Å². The second-order valence-electron chi connectivity index (χ2n) is 5.44. The SMILES string of the molecule is Oc1ccccc1Oc1ccc(OCCN2CCCC2)cc1. The Bertz CT molecular complexity index is 592. The molecule has 22 heavy (non-hydrogen) atoms. The highest BCUT2D eigenvalue weighted by Crippen LogP contribution is 2.30. The molecule has 0 radical (unpaired) electrons. The zero-order chi connectivity index (χ0) is 15.2. The molecule has 2 aromatic carbocycles. The van der Waals surface area contributed by atoms with E-state index < -0.39 is 0 Å². The van der Waals surface area contributed by atoms with E-state index in [-0.39, 0.29) is 5.75 Å². The summed E-state index contributed by atoms with van der Waals surface area (Å²) in [6, 6.07) is 14.4. The zero-order valence-corrected chi connectivity index (χ0v) is 12.6. The van der Waals surface area contributed by atoms with E-state index >= 15 is 0 Å². The van der Waals surface area contributed by atoms with Crippen LogP contribution >= 0.6 is 0 Å². The van der Waals surface area contributed by atoms with Crippen LogP contribution in [-0.4, -0.2) is 36.2 Å². The van der Waals surface area contributed by atoms with Crippen molar-refractivity contribution in [2.75, 3.05) is 26.2 Å². The monoisotopic (exact) mass is 299 g/mol. The summed E-state index contributed by atoms with van der Waals surface area (Å²) in [6.07, 6.45) is 2.61. The minimum Gasteiger partial charge on any atom is -0.504 e. The topological polar surface area (TPSA) is 41.9 Å². The Kier molecular flexibility index (Phi) is 4.81. The van der Waals surface area contributed by atoms with Crippen molar-refractivity contribution >= 4 is 0 Å². The molecule has 1 aliphatic heterocycles. The van der Waals surface area contributed by atoms with E-state index in [1.54, 1.807) is 18.2 Å². The maximum Gasteiger partial charge on any atom is 0.169 e. The Morgan fingerprint density at radius 3 is 2.32 bits per heavy atom. The van der Waals surface area contributed by atoms with Crippen molar-refractivity contribution < 1.29 is 14.6 Å². The number of hydrogen-bond donors (Lipinski definition) is 1. The lowest BCUT2D eigenvalue weighted by atomic mass is 10.3. The van der Waals surface area contributed by atoms with Gasteiger partial charge in [0.2, 0.25) is 0 Å². The lowest BCUT2D eigenvalue weighted by Gasteiger charge is -2.15. The highest BCUT2D eigenvalue weighted by molar-refractivity contribution is 5.42. The Labute approximate surface area is 130 Å². The summed E-state index contributed by atoms with van der Waals surface area (Å²) in [5.74, 6) is 2.09. The Morgan fingerprint density at radius 2 is 1.59 bits per heavy atom. The summed E-state index contributed by atoms with van der Waals surface area (Å²) < 4.78 is 11.4. The molecule has 0 amide bonds. The third kappa shape index (κ3) is 3.92. The van der Waals surface area contributed by atoms with Crippen molar-refractivity contribution in [3.63, 3.8) is 0 Å². The van der Waals surface area contributed by atoms with Gasteiger partial charge in [-0.15, -0.1) is 0 Å². The van der Waals surface area contributed by atoms with E-state index in [0.717, 1.165) is 12.3 Å². The number of benzene rings is 2. The number of ether oxygens (including phenoxy) is 2. The highest BCUT2D eigenvalue weighted by Gasteiger charge is 2.10. The first-order valence-electron chi connectivity index (χ1n) is 7.72. The second-order valence-corrected chi connectivity index (χ2v) is 5.44. The van der Waals surface area contributed by atoms with Crippen LogP contribution in [0.5, 0.6) is 23.0 Å². The van der Waals surface area contributed by atoms with E-state index in [0.29, 0.717) is 18.1 Å². The van der Waals surface area contributed by atoms with Crippen LogP contribution in [0, 0.1) is 0 Å².